The van der Waals surface area contributed by atoms with Crippen LogP contribution in [0.3, 0.4) is 0 Å². The first-order valence-corrected chi connectivity index (χ1v) is 4.91. The standard InChI is InChI=1S/C11H9N3O3/c12-4-7-2-1-3-9-8(7)5-14(6-10(15)16)11(17)13-9/h1-3H,5-6H2,(H,13,17)(H,15,16). The molecule has 0 radical (unpaired) electrons. The first kappa shape index (κ1) is 11.0. The molecule has 6 nitrogen and oxygen atoms in total. The number of nitriles is 1. The van der Waals surface area contributed by atoms with Crippen molar-refractivity contribution in [2.24, 2.45) is 0 Å². The van der Waals surface area contributed by atoms with Crippen LogP contribution in [0.1, 0.15) is 11.1 Å². The van der Waals surface area contributed by atoms with E-state index in [1.165, 1.54) is 0 Å². The molecule has 0 bridgehead atoms. The molecule has 0 aromatic heterocycles. The minimum atomic E-state index is -1.09. The number of fused-ring (bicyclic) bond motifs is 1. The summed E-state index contributed by atoms with van der Waals surface area (Å²) >= 11 is 0. The van der Waals surface area contributed by atoms with Crippen molar-refractivity contribution in [3.05, 3.63) is 29.3 Å². The van der Waals surface area contributed by atoms with Gasteiger partial charge in [-0.05, 0) is 12.1 Å². The van der Waals surface area contributed by atoms with Gasteiger partial charge in [-0.3, -0.25) is 4.79 Å². The van der Waals surface area contributed by atoms with E-state index in [9.17, 15) is 9.59 Å². The number of benzene rings is 1. The SMILES string of the molecule is N#Cc1cccc2c1CN(CC(=O)O)C(=O)N2. The van der Waals surface area contributed by atoms with Gasteiger partial charge in [0, 0.05) is 11.3 Å². The van der Waals surface area contributed by atoms with Gasteiger partial charge in [-0.1, -0.05) is 6.07 Å². The molecular weight excluding hydrogens is 222 g/mol. The molecule has 2 rings (SSSR count). The van der Waals surface area contributed by atoms with E-state index in [1.807, 2.05) is 6.07 Å². The first-order valence-electron chi connectivity index (χ1n) is 4.91. The molecule has 2 amide bonds. The zero-order chi connectivity index (χ0) is 12.4. The Labute approximate surface area is 97.1 Å². The summed E-state index contributed by atoms with van der Waals surface area (Å²) in [6.45, 7) is -0.248. The maximum atomic E-state index is 11.6. The number of nitrogens with one attached hydrogen (secondary N) is 1. The molecule has 0 unspecified atom stereocenters. The van der Waals surface area contributed by atoms with Crippen molar-refractivity contribution in [3.63, 3.8) is 0 Å². The number of hydrogen-bond acceptors (Lipinski definition) is 3. The van der Waals surface area contributed by atoms with Crippen molar-refractivity contribution >= 4 is 17.7 Å². The topological polar surface area (TPSA) is 93.4 Å². The molecule has 0 fully saturated rings. The molecule has 6 heteroatoms. The second-order valence-electron chi connectivity index (χ2n) is 3.62. The second-order valence-corrected chi connectivity index (χ2v) is 3.62. The minimum Gasteiger partial charge on any atom is -0.480 e. The third-order valence-electron chi connectivity index (χ3n) is 2.50. The number of carboxylic acids is 1. The maximum absolute atomic E-state index is 11.6. The van der Waals surface area contributed by atoms with Crippen LogP contribution in [0.5, 0.6) is 0 Å². The Bertz CT molecular complexity index is 533. The molecule has 1 aliphatic rings. The molecule has 0 atom stereocenters. The minimum absolute atomic E-state index is 0.136. The summed E-state index contributed by atoms with van der Waals surface area (Å²) in [5.41, 5.74) is 1.66. The number of anilines is 1. The lowest BCUT2D eigenvalue weighted by molar-refractivity contribution is -0.137. The third kappa shape index (κ3) is 2.03. The largest absolute Gasteiger partial charge is 0.480 e. The number of aliphatic carboxylic acids is 1. The van der Waals surface area contributed by atoms with E-state index in [1.54, 1.807) is 18.2 Å². The van der Waals surface area contributed by atoms with Crippen LogP contribution in [0.4, 0.5) is 10.5 Å². The van der Waals surface area contributed by atoms with Crippen LogP contribution in [0, 0.1) is 11.3 Å². The van der Waals surface area contributed by atoms with Crippen LogP contribution in [-0.4, -0.2) is 28.6 Å². The smallest absolute Gasteiger partial charge is 0.323 e. The van der Waals surface area contributed by atoms with Gasteiger partial charge in [0.15, 0.2) is 0 Å². The number of amides is 2. The zero-order valence-corrected chi connectivity index (χ0v) is 8.80. The monoisotopic (exact) mass is 231 g/mol. The Kier molecular flexibility index (Phi) is 2.66. The molecule has 0 saturated heterocycles. The van der Waals surface area contributed by atoms with Gasteiger partial charge in [-0.2, -0.15) is 5.26 Å². The van der Waals surface area contributed by atoms with Gasteiger partial charge in [0.1, 0.15) is 6.54 Å². The number of rotatable bonds is 2. The quantitative estimate of drug-likeness (QED) is 0.793. The lowest BCUT2D eigenvalue weighted by Crippen LogP contribution is -2.41. The van der Waals surface area contributed by atoms with Gasteiger partial charge < -0.3 is 15.3 Å². The van der Waals surface area contributed by atoms with Crippen LogP contribution < -0.4 is 5.32 Å². The second kappa shape index (κ2) is 4.14. The molecule has 17 heavy (non-hydrogen) atoms. The number of carboxylic acid groups (broad SMARTS) is 1. The van der Waals surface area contributed by atoms with E-state index in [4.69, 9.17) is 10.4 Å². The van der Waals surface area contributed by atoms with E-state index in [-0.39, 0.29) is 13.1 Å². The van der Waals surface area contributed by atoms with Gasteiger partial charge in [-0.15, -0.1) is 0 Å². The third-order valence-corrected chi connectivity index (χ3v) is 2.50. The normalized spacial score (nSPS) is 13.6. The van der Waals surface area contributed by atoms with Crippen molar-refractivity contribution in [1.29, 1.82) is 5.26 Å². The van der Waals surface area contributed by atoms with Gasteiger partial charge >= 0.3 is 12.0 Å². The molecule has 2 N–H and O–H groups in total. The van der Waals surface area contributed by atoms with E-state index < -0.39 is 12.0 Å². The van der Waals surface area contributed by atoms with Gasteiger partial charge in [0.05, 0.1) is 18.2 Å². The molecule has 1 aromatic carbocycles. The Balaban J connectivity index is 2.35. The van der Waals surface area contributed by atoms with Crippen molar-refractivity contribution < 1.29 is 14.7 Å². The van der Waals surface area contributed by atoms with Crippen LogP contribution in [0.25, 0.3) is 0 Å². The average molecular weight is 231 g/mol. The zero-order valence-electron chi connectivity index (χ0n) is 8.80. The van der Waals surface area contributed by atoms with E-state index in [0.29, 0.717) is 16.8 Å². The number of carbonyl (C=O) groups excluding carboxylic acids is 1. The predicted molar refractivity (Wildman–Crippen MR) is 58.2 cm³/mol. The summed E-state index contributed by atoms with van der Waals surface area (Å²) in [7, 11) is 0. The fourth-order valence-electron chi connectivity index (χ4n) is 1.73. The van der Waals surface area contributed by atoms with E-state index >= 15 is 0 Å². The van der Waals surface area contributed by atoms with Crippen LogP contribution in [0.15, 0.2) is 18.2 Å². The van der Waals surface area contributed by atoms with Gasteiger partial charge in [0.2, 0.25) is 0 Å². The number of nitrogens with zero attached hydrogens (tertiary/aromatic N) is 2. The summed E-state index contributed by atoms with van der Waals surface area (Å²) in [5, 5.41) is 20.2. The summed E-state index contributed by atoms with van der Waals surface area (Å²) in [6.07, 6.45) is 0. The highest BCUT2D eigenvalue weighted by atomic mass is 16.4. The molecule has 0 spiro atoms. The summed E-state index contributed by atoms with van der Waals surface area (Å²) in [4.78, 5) is 23.3. The van der Waals surface area contributed by atoms with Crippen molar-refractivity contribution in [2.75, 3.05) is 11.9 Å². The fraction of sp³-hybridized carbons (Fsp3) is 0.182. The summed E-state index contributed by atoms with van der Waals surface area (Å²) in [6, 6.07) is 6.55. The molecule has 0 saturated carbocycles. The van der Waals surface area contributed by atoms with Crippen molar-refractivity contribution in [2.45, 2.75) is 6.54 Å². The van der Waals surface area contributed by atoms with Gasteiger partial charge in [-0.25, -0.2) is 4.79 Å². The maximum Gasteiger partial charge on any atom is 0.323 e. The highest BCUT2D eigenvalue weighted by Crippen LogP contribution is 2.25. The van der Waals surface area contributed by atoms with Crippen LogP contribution >= 0.6 is 0 Å². The highest BCUT2D eigenvalue weighted by molar-refractivity contribution is 5.94. The Morgan fingerprint density at radius 2 is 2.35 bits per heavy atom. The fourth-order valence-corrected chi connectivity index (χ4v) is 1.73. The predicted octanol–water partition coefficient (Wildman–Crippen LogP) is 0.990. The highest BCUT2D eigenvalue weighted by Gasteiger charge is 2.25. The van der Waals surface area contributed by atoms with Crippen molar-refractivity contribution in [3.8, 4) is 6.07 Å². The number of carbonyl (C=O) groups is 2. The Morgan fingerprint density at radius 1 is 1.59 bits per heavy atom. The van der Waals surface area contributed by atoms with Crippen molar-refractivity contribution in [1.82, 2.24) is 4.90 Å². The Morgan fingerprint density at radius 3 is 3.00 bits per heavy atom. The number of urea groups is 1. The summed E-state index contributed by atoms with van der Waals surface area (Å²) < 4.78 is 0. The number of hydrogen-bond donors (Lipinski definition) is 2. The molecule has 1 aliphatic heterocycles. The molecule has 1 aromatic rings. The average Bonchev–Trinajstić information content (AvgIpc) is 2.28. The molecule has 1 heterocycles. The lowest BCUT2D eigenvalue weighted by atomic mass is 10.0. The van der Waals surface area contributed by atoms with Gasteiger partial charge in [0.25, 0.3) is 0 Å². The lowest BCUT2D eigenvalue weighted by Gasteiger charge is -2.28. The van der Waals surface area contributed by atoms with Crippen LogP contribution in [-0.2, 0) is 11.3 Å². The molecule has 86 valence electrons. The first-order chi connectivity index (χ1) is 8.11. The Hall–Kier alpha value is -2.55. The molecular formula is C11H9N3O3. The van der Waals surface area contributed by atoms with Crippen LogP contribution in [0.2, 0.25) is 0 Å². The van der Waals surface area contributed by atoms with E-state index in [0.717, 1.165) is 4.90 Å². The molecule has 0 aliphatic carbocycles. The summed E-state index contributed by atoms with van der Waals surface area (Å²) in [5.74, 6) is -1.09. The van der Waals surface area contributed by atoms with E-state index in [2.05, 4.69) is 5.32 Å².